The predicted octanol–water partition coefficient (Wildman–Crippen LogP) is 5.01. The zero-order valence-electron chi connectivity index (χ0n) is 17.3. The fraction of sp³-hybridized carbons (Fsp3) is 0.174. The first-order valence-electron chi connectivity index (χ1n) is 9.81. The van der Waals surface area contributed by atoms with Crippen LogP contribution in [0.25, 0.3) is 11.0 Å². The number of aryl methyl sites for hydroxylation is 1. The van der Waals surface area contributed by atoms with Gasteiger partial charge in [-0.2, -0.15) is 0 Å². The van der Waals surface area contributed by atoms with Crippen molar-refractivity contribution in [3.8, 4) is 11.5 Å². The monoisotopic (exact) mass is 477 g/mol. The standard InChI is InChI=1S/C23H19ClF3N3O3/c1-29-21-19(10-16(24)11-20(21)32)30(12-14-2-4-15(13-31)5-3-14)22(29)28-17-6-8-18(9-7-17)33-23(25,26)27/h2-11,31-32H,12-13H2,1H3/b28-22-. The highest BCUT2D eigenvalue weighted by Gasteiger charge is 2.31. The van der Waals surface area contributed by atoms with Crippen LogP contribution in [-0.4, -0.2) is 25.7 Å². The number of alkyl halides is 3. The summed E-state index contributed by atoms with van der Waals surface area (Å²) >= 11 is 6.18. The van der Waals surface area contributed by atoms with E-state index in [1.807, 2.05) is 28.8 Å². The summed E-state index contributed by atoms with van der Waals surface area (Å²) in [6, 6.07) is 15.7. The SMILES string of the molecule is Cn1/c(=N/c2ccc(OC(F)(F)F)cc2)n(Cc2ccc(CO)cc2)c2cc(Cl)cc(O)c21. The number of nitrogens with zero attached hydrogens (tertiary/aromatic N) is 3. The molecule has 33 heavy (non-hydrogen) atoms. The van der Waals surface area contributed by atoms with Crippen molar-refractivity contribution in [3.05, 3.63) is 82.4 Å². The second-order valence-corrected chi connectivity index (χ2v) is 7.80. The molecule has 6 nitrogen and oxygen atoms in total. The van der Waals surface area contributed by atoms with E-state index in [4.69, 9.17) is 11.6 Å². The summed E-state index contributed by atoms with van der Waals surface area (Å²) in [5.74, 6) is -0.375. The molecule has 0 saturated carbocycles. The Bertz CT molecular complexity index is 1360. The maximum absolute atomic E-state index is 12.4. The minimum Gasteiger partial charge on any atom is -0.506 e. The molecular weight excluding hydrogens is 459 g/mol. The van der Waals surface area contributed by atoms with Crippen LogP contribution in [0.15, 0.2) is 65.7 Å². The van der Waals surface area contributed by atoms with Crippen molar-refractivity contribution in [3.63, 3.8) is 0 Å². The number of phenolic OH excluding ortho intramolecular Hbond substituents is 1. The summed E-state index contributed by atoms with van der Waals surface area (Å²) in [6.07, 6.45) is -4.78. The molecule has 2 N–H and O–H groups in total. The Kier molecular flexibility index (Phi) is 6.09. The number of aliphatic hydroxyl groups excluding tert-OH is 1. The van der Waals surface area contributed by atoms with Gasteiger partial charge in [0, 0.05) is 18.1 Å². The van der Waals surface area contributed by atoms with Gasteiger partial charge in [-0.15, -0.1) is 13.2 Å². The van der Waals surface area contributed by atoms with Gasteiger partial charge in [-0.3, -0.25) is 0 Å². The number of halogens is 4. The lowest BCUT2D eigenvalue weighted by atomic mass is 10.1. The molecular formula is C23H19ClF3N3O3. The van der Waals surface area contributed by atoms with E-state index >= 15 is 0 Å². The summed E-state index contributed by atoms with van der Waals surface area (Å²) in [5.41, 5.74) is 3.65. The van der Waals surface area contributed by atoms with Gasteiger partial charge >= 0.3 is 6.36 Å². The number of imidazole rings is 1. The zero-order valence-corrected chi connectivity index (χ0v) is 18.1. The fourth-order valence-corrected chi connectivity index (χ4v) is 3.78. The minimum atomic E-state index is -4.78. The Morgan fingerprint density at radius 2 is 1.64 bits per heavy atom. The lowest BCUT2D eigenvalue weighted by molar-refractivity contribution is -0.274. The first-order valence-corrected chi connectivity index (χ1v) is 10.2. The molecule has 0 aliphatic heterocycles. The van der Waals surface area contributed by atoms with Gasteiger partial charge in [-0.05, 0) is 41.5 Å². The zero-order chi connectivity index (χ0) is 23.8. The van der Waals surface area contributed by atoms with Gasteiger partial charge in [0.2, 0.25) is 5.62 Å². The summed E-state index contributed by atoms with van der Waals surface area (Å²) in [7, 11) is 1.72. The van der Waals surface area contributed by atoms with E-state index in [1.165, 1.54) is 30.3 Å². The molecule has 1 aromatic heterocycles. The number of ether oxygens (including phenoxy) is 1. The lowest BCUT2D eigenvalue weighted by Gasteiger charge is -2.09. The number of aromatic nitrogens is 2. The number of aromatic hydroxyl groups is 1. The average molecular weight is 478 g/mol. The van der Waals surface area contributed by atoms with Crippen LogP contribution >= 0.6 is 11.6 Å². The number of fused-ring (bicyclic) bond motifs is 1. The van der Waals surface area contributed by atoms with Crippen LogP contribution < -0.4 is 10.4 Å². The van der Waals surface area contributed by atoms with E-state index in [2.05, 4.69) is 9.73 Å². The largest absolute Gasteiger partial charge is 0.573 e. The molecule has 4 aromatic rings. The number of rotatable bonds is 5. The van der Waals surface area contributed by atoms with E-state index in [-0.39, 0.29) is 18.1 Å². The summed E-state index contributed by atoms with van der Waals surface area (Å²) in [4.78, 5) is 4.61. The Morgan fingerprint density at radius 3 is 2.24 bits per heavy atom. The molecule has 0 bridgehead atoms. The van der Waals surface area contributed by atoms with Crippen LogP contribution in [-0.2, 0) is 20.2 Å². The number of aliphatic hydroxyl groups is 1. The van der Waals surface area contributed by atoms with Crippen LogP contribution in [0, 0.1) is 0 Å². The maximum atomic E-state index is 12.4. The van der Waals surface area contributed by atoms with E-state index in [0.717, 1.165) is 11.1 Å². The molecule has 0 aliphatic rings. The smallest absolute Gasteiger partial charge is 0.506 e. The average Bonchev–Trinajstić information content (AvgIpc) is 3.00. The molecule has 3 aromatic carbocycles. The lowest BCUT2D eigenvalue weighted by Crippen LogP contribution is -2.24. The van der Waals surface area contributed by atoms with Gasteiger partial charge in [-0.1, -0.05) is 35.9 Å². The first kappa shape index (κ1) is 22.8. The van der Waals surface area contributed by atoms with Crippen molar-refractivity contribution in [2.45, 2.75) is 19.5 Å². The van der Waals surface area contributed by atoms with E-state index in [1.54, 1.807) is 17.7 Å². The molecule has 172 valence electrons. The van der Waals surface area contributed by atoms with Crippen molar-refractivity contribution in [2.24, 2.45) is 12.0 Å². The Hall–Kier alpha value is -3.43. The van der Waals surface area contributed by atoms with E-state index < -0.39 is 6.36 Å². The highest BCUT2D eigenvalue weighted by molar-refractivity contribution is 6.31. The van der Waals surface area contributed by atoms with Crippen molar-refractivity contribution in [1.29, 1.82) is 0 Å². The fourth-order valence-electron chi connectivity index (χ4n) is 3.57. The molecule has 0 amide bonds. The number of benzene rings is 3. The first-order chi connectivity index (χ1) is 15.6. The molecule has 0 aliphatic carbocycles. The molecule has 10 heteroatoms. The van der Waals surface area contributed by atoms with Crippen molar-refractivity contribution in [1.82, 2.24) is 9.13 Å². The van der Waals surface area contributed by atoms with Crippen molar-refractivity contribution < 1.29 is 28.1 Å². The molecule has 1 heterocycles. The third-order valence-corrected chi connectivity index (χ3v) is 5.27. The quantitative estimate of drug-likeness (QED) is 0.424. The van der Waals surface area contributed by atoms with Crippen LogP contribution in [0.4, 0.5) is 18.9 Å². The molecule has 0 saturated heterocycles. The molecule has 4 rings (SSSR count). The van der Waals surface area contributed by atoms with Crippen molar-refractivity contribution >= 4 is 28.3 Å². The molecule has 0 fully saturated rings. The normalized spacial score (nSPS) is 12.5. The predicted molar refractivity (Wildman–Crippen MR) is 117 cm³/mol. The second kappa shape index (κ2) is 8.84. The summed E-state index contributed by atoms with van der Waals surface area (Å²) < 4.78 is 44.7. The van der Waals surface area contributed by atoms with Crippen LogP contribution in [0.1, 0.15) is 11.1 Å². The summed E-state index contributed by atoms with van der Waals surface area (Å²) in [6.45, 7) is 0.302. The number of phenols is 1. The number of hydrogen-bond acceptors (Lipinski definition) is 4. The van der Waals surface area contributed by atoms with E-state index in [9.17, 15) is 23.4 Å². The Balaban J connectivity index is 1.85. The Morgan fingerprint density at radius 1 is 1.00 bits per heavy atom. The van der Waals surface area contributed by atoms with Gasteiger partial charge < -0.3 is 24.1 Å². The van der Waals surface area contributed by atoms with Gasteiger partial charge in [0.15, 0.2) is 0 Å². The van der Waals surface area contributed by atoms with Crippen LogP contribution in [0.3, 0.4) is 0 Å². The minimum absolute atomic E-state index is 0.0280. The van der Waals surface area contributed by atoms with Gasteiger partial charge in [-0.25, -0.2) is 4.99 Å². The number of hydrogen-bond donors (Lipinski definition) is 2. The highest BCUT2D eigenvalue weighted by atomic mass is 35.5. The molecule has 0 spiro atoms. The summed E-state index contributed by atoms with van der Waals surface area (Å²) in [5, 5.41) is 20.1. The van der Waals surface area contributed by atoms with Crippen molar-refractivity contribution in [2.75, 3.05) is 0 Å². The Labute approximate surface area is 191 Å². The maximum Gasteiger partial charge on any atom is 0.573 e. The molecule has 0 unspecified atom stereocenters. The van der Waals surface area contributed by atoms with E-state index in [0.29, 0.717) is 33.9 Å². The van der Waals surface area contributed by atoms with Gasteiger partial charge in [0.1, 0.15) is 17.0 Å². The van der Waals surface area contributed by atoms with Crippen LogP contribution in [0.2, 0.25) is 5.02 Å². The van der Waals surface area contributed by atoms with Gasteiger partial charge in [0.05, 0.1) is 24.4 Å². The highest BCUT2D eigenvalue weighted by Crippen LogP contribution is 2.29. The third kappa shape index (κ3) is 4.99. The third-order valence-electron chi connectivity index (χ3n) is 5.05. The molecule has 0 atom stereocenters. The topological polar surface area (TPSA) is 71.9 Å². The van der Waals surface area contributed by atoms with Gasteiger partial charge in [0.25, 0.3) is 0 Å². The molecule has 0 radical (unpaired) electrons. The second-order valence-electron chi connectivity index (χ2n) is 7.37. The van der Waals surface area contributed by atoms with Crippen LogP contribution in [0.5, 0.6) is 11.5 Å².